The van der Waals surface area contributed by atoms with Crippen molar-refractivity contribution in [3.05, 3.63) is 38.2 Å². The molecule has 0 bridgehead atoms. The number of ether oxygens (including phenoxy) is 1. The number of halogens is 1. The largest absolute Gasteiger partial charge is 0.503 e. The summed E-state index contributed by atoms with van der Waals surface area (Å²) in [7, 11) is 0. The van der Waals surface area contributed by atoms with Gasteiger partial charge in [0.1, 0.15) is 5.69 Å². The van der Waals surface area contributed by atoms with Gasteiger partial charge in [-0.2, -0.15) is 5.10 Å². The fourth-order valence-electron chi connectivity index (χ4n) is 1.98. The molecular formula is C16H20BrN5O3. The Bertz CT molecular complexity index is 843. The second kappa shape index (κ2) is 7.64. The van der Waals surface area contributed by atoms with Crippen LogP contribution in [0.5, 0.6) is 11.5 Å². The summed E-state index contributed by atoms with van der Waals surface area (Å²) >= 11 is 3.26. The lowest BCUT2D eigenvalue weighted by Crippen LogP contribution is -2.28. The van der Waals surface area contributed by atoms with E-state index in [9.17, 15) is 9.90 Å². The lowest BCUT2D eigenvalue weighted by molar-refractivity contribution is 0.317. The van der Waals surface area contributed by atoms with Crippen LogP contribution in [-0.4, -0.2) is 33.1 Å². The van der Waals surface area contributed by atoms with Crippen molar-refractivity contribution < 1.29 is 9.84 Å². The van der Waals surface area contributed by atoms with Crippen LogP contribution in [0.4, 0.5) is 5.95 Å². The normalized spacial score (nSPS) is 11.7. The van der Waals surface area contributed by atoms with E-state index in [1.165, 1.54) is 6.21 Å². The van der Waals surface area contributed by atoms with Crippen molar-refractivity contribution in [3.63, 3.8) is 0 Å². The number of rotatable bonds is 5. The van der Waals surface area contributed by atoms with Gasteiger partial charge >= 0.3 is 0 Å². The van der Waals surface area contributed by atoms with Crippen molar-refractivity contribution in [2.45, 2.75) is 33.1 Å². The predicted molar refractivity (Wildman–Crippen MR) is 99.5 cm³/mol. The Hall–Kier alpha value is -2.42. The summed E-state index contributed by atoms with van der Waals surface area (Å²) in [5.74, 6) is 0.512. The van der Waals surface area contributed by atoms with E-state index >= 15 is 0 Å². The summed E-state index contributed by atoms with van der Waals surface area (Å²) in [5, 5.41) is 21.8. The molecule has 1 aromatic carbocycles. The predicted octanol–water partition coefficient (Wildman–Crippen LogP) is 2.78. The van der Waals surface area contributed by atoms with Crippen molar-refractivity contribution in [2.24, 2.45) is 5.10 Å². The molecule has 134 valence electrons. The maximum atomic E-state index is 12.0. The Balaban J connectivity index is 2.16. The molecule has 2 rings (SSSR count). The highest BCUT2D eigenvalue weighted by Gasteiger charge is 2.20. The summed E-state index contributed by atoms with van der Waals surface area (Å²) < 4.78 is 5.84. The topological polar surface area (TPSA) is 112 Å². The van der Waals surface area contributed by atoms with Gasteiger partial charge in [-0.15, -0.1) is 10.2 Å². The number of phenolic OH excluding ortho intramolecular Hbond substituents is 1. The van der Waals surface area contributed by atoms with Crippen LogP contribution < -0.4 is 15.7 Å². The zero-order chi connectivity index (χ0) is 18.6. The average molecular weight is 410 g/mol. The number of aromatic hydroxyl groups is 1. The van der Waals surface area contributed by atoms with E-state index in [1.807, 2.05) is 27.7 Å². The van der Waals surface area contributed by atoms with Crippen molar-refractivity contribution in [2.75, 3.05) is 12.0 Å². The third-order valence-electron chi connectivity index (χ3n) is 3.14. The standard InChI is InChI=1S/C16H20BrN5O3/c1-5-25-11-7-9(6-10(17)12(11)23)8-18-21-15-19-14(24)13(20-22-15)16(2,3)4/h6-8,23H,5H2,1-4H3,(H2,19,21,22,24)/b18-8+. The Morgan fingerprint density at radius 3 is 2.72 bits per heavy atom. The molecule has 0 spiro atoms. The summed E-state index contributed by atoms with van der Waals surface area (Å²) in [4.78, 5) is 14.6. The van der Waals surface area contributed by atoms with Gasteiger partial charge in [-0.25, -0.2) is 5.43 Å². The maximum absolute atomic E-state index is 12.0. The zero-order valence-electron chi connectivity index (χ0n) is 14.4. The Kier molecular flexibility index (Phi) is 5.78. The van der Waals surface area contributed by atoms with Gasteiger partial charge in [-0.05, 0) is 40.5 Å². The van der Waals surface area contributed by atoms with Crippen LogP contribution >= 0.6 is 15.9 Å². The van der Waals surface area contributed by atoms with E-state index in [0.29, 0.717) is 28.1 Å². The van der Waals surface area contributed by atoms with E-state index in [0.717, 1.165) is 0 Å². The highest BCUT2D eigenvalue weighted by Crippen LogP contribution is 2.35. The van der Waals surface area contributed by atoms with Crippen molar-refractivity contribution >= 4 is 28.1 Å². The number of H-pyrrole nitrogens is 1. The van der Waals surface area contributed by atoms with Gasteiger partial charge in [0.25, 0.3) is 5.56 Å². The molecule has 0 fully saturated rings. The smallest absolute Gasteiger partial charge is 0.274 e. The molecule has 9 heteroatoms. The zero-order valence-corrected chi connectivity index (χ0v) is 16.0. The number of nitrogens with zero attached hydrogens (tertiary/aromatic N) is 3. The highest BCUT2D eigenvalue weighted by molar-refractivity contribution is 9.10. The summed E-state index contributed by atoms with van der Waals surface area (Å²) in [6.45, 7) is 7.91. The molecule has 0 saturated heterocycles. The van der Waals surface area contributed by atoms with Crippen molar-refractivity contribution in [1.29, 1.82) is 0 Å². The number of aromatic nitrogens is 3. The molecule has 8 nitrogen and oxygen atoms in total. The van der Waals surface area contributed by atoms with Crippen LogP contribution in [0.25, 0.3) is 0 Å². The number of hydrogen-bond acceptors (Lipinski definition) is 7. The first-order chi connectivity index (χ1) is 11.7. The number of hydrazone groups is 1. The molecule has 25 heavy (non-hydrogen) atoms. The summed E-state index contributed by atoms with van der Waals surface area (Å²) in [6, 6.07) is 3.33. The van der Waals surface area contributed by atoms with Crippen molar-refractivity contribution in [1.82, 2.24) is 15.2 Å². The maximum Gasteiger partial charge on any atom is 0.274 e. The van der Waals surface area contributed by atoms with Crippen LogP contribution in [0.1, 0.15) is 39.0 Å². The average Bonchev–Trinajstić information content (AvgIpc) is 2.51. The molecule has 1 aromatic heterocycles. The molecule has 0 aliphatic carbocycles. The van der Waals surface area contributed by atoms with Gasteiger partial charge in [0.05, 0.1) is 17.3 Å². The van der Waals surface area contributed by atoms with Crippen molar-refractivity contribution in [3.8, 4) is 11.5 Å². The van der Waals surface area contributed by atoms with E-state index in [1.54, 1.807) is 12.1 Å². The number of nitrogens with one attached hydrogen (secondary N) is 2. The van der Waals surface area contributed by atoms with E-state index < -0.39 is 5.41 Å². The highest BCUT2D eigenvalue weighted by atomic mass is 79.9. The van der Waals surface area contributed by atoms with E-state index in [4.69, 9.17) is 4.74 Å². The molecule has 0 aliphatic heterocycles. The summed E-state index contributed by atoms with van der Waals surface area (Å²) in [6.07, 6.45) is 1.50. The molecule has 0 atom stereocenters. The van der Waals surface area contributed by atoms with Crippen LogP contribution in [0, 0.1) is 0 Å². The number of anilines is 1. The molecule has 0 unspecified atom stereocenters. The van der Waals surface area contributed by atoms with Crippen LogP contribution in [-0.2, 0) is 5.41 Å². The minimum absolute atomic E-state index is 0.0277. The van der Waals surface area contributed by atoms with Gasteiger partial charge in [-0.1, -0.05) is 20.8 Å². The van der Waals surface area contributed by atoms with Crippen LogP contribution in [0.3, 0.4) is 0 Å². The Labute approximate surface area is 153 Å². The molecule has 1 heterocycles. The van der Waals surface area contributed by atoms with Gasteiger partial charge < -0.3 is 9.84 Å². The van der Waals surface area contributed by atoms with Crippen LogP contribution in [0.2, 0.25) is 0 Å². The Morgan fingerprint density at radius 2 is 2.12 bits per heavy atom. The minimum atomic E-state index is -0.392. The first-order valence-electron chi connectivity index (χ1n) is 7.64. The number of hydrogen-bond donors (Lipinski definition) is 3. The van der Waals surface area contributed by atoms with E-state index in [-0.39, 0.29) is 17.3 Å². The van der Waals surface area contributed by atoms with Gasteiger partial charge in [0.15, 0.2) is 11.5 Å². The third-order valence-corrected chi connectivity index (χ3v) is 3.75. The fraction of sp³-hybridized carbons (Fsp3) is 0.375. The molecular weight excluding hydrogens is 390 g/mol. The monoisotopic (exact) mass is 409 g/mol. The van der Waals surface area contributed by atoms with Gasteiger partial charge in [0.2, 0.25) is 5.95 Å². The molecule has 0 aliphatic rings. The SMILES string of the molecule is CCOc1cc(/C=N/Nc2nnc(C(C)(C)C)c(=O)[nH]2)cc(Br)c1O. The second-order valence-corrected chi connectivity index (χ2v) is 7.11. The fourth-order valence-corrected chi connectivity index (χ4v) is 2.44. The first-order valence-corrected chi connectivity index (χ1v) is 8.43. The van der Waals surface area contributed by atoms with Crippen LogP contribution in [0.15, 0.2) is 26.5 Å². The lowest BCUT2D eigenvalue weighted by atomic mass is 9.93. The Morgan fingerprint density at radius 1 is 1.40 bits per heavy atom. The number of aromatic amines is 1. The molecule has 3 N–H and O–H groups in total. The lowest BCUT2D eigenvalue weighted by Gasteiger charge is -2.15. The van der Waals surface area contributed by atoms with E-state index in [2.05, 4.69) is 41.6 Å². The number of benzene rings is 1. The second-order valence-electron chi connectivity index (χ2n) is 6.25. The quantitative estimate of drug-likeness (QED) is 0.516. The molecule has 0 radical (unpaired) electrons. The number of phenols is 1. The molecule has 0 saturated carbocycles. The summed E-state index contributed by atoms with van der Waals surface area (Å²) in [5.41, 5.74) is 2.95. The third kappa shape index (κ3) is 4.79. The minimum Gasteiger partial charge on any atom is -0.503 e. The molecule has 2 aromatic rings. The molecule has 0 amide bonds. The van der Waals surface area contributed by atoms with Gasteiger partial charge in [0, 0.05) is 5.41 Å². The first kappa shape index (κ1) is 18.9. The van der Waals surface area contributed by atoms with Gasteiger partial charge in [-0.3, -0.25) is 9.78 Å².